The maximum Gasteiger partial charge on any atom is 0.255 e. The third kappa shape index (κ3) is 3.26. The maximum absolute atomic E-state index is 12.2. The molecule has 1 N–H and O–H groups in total. The van der Waals surface area contributed by atoms with Crippen molar-refractivity contribution in [1.82, 2.24) is 5.32 Å². The Labute approximate surface area is 113 Å². The van der Waals surface area contributed by atoms with Gasteiger partial charge in [-0.25, -0.2) is 0 Å². The molecule has 1 aromatic rings. The fraction of sp³-hybridized carbons (Fsp3) is 0.533. The Kier molecular flexibility index (Phi) is 3.69. The van der Waals surface area contributed by atoms with Crippen molar-refractivity contribution in [2.24, 2.45) is 0 Å². The van der Waals surface area contributed by atoms with Crippen molar-refractivity contribution in [1.29, 1.82) is 0 Å². The summed E-state index contributed by atoms with van der Waals surface area (Å²) >= 11 is 0. The summed E-state index contributed by atoms with van der Waals surface area (Å²) in [4.78, 5) is 12.2. The molecule has 0 radical (unpaired) electrons. The highest BCUT2D eigenvalue weighted by Crippen LogP contribution is 2.29. The third-order valence-electron chi connectivity index (χ3n) is 3.46. The Hall–Kier alpha value is -1.55. The number of para-hydroxylation sites is 1. The van der Waals surface area contributed by atoms with E-state index in [0.29, 0.717) is 24.0 Å². The van der Waals surface area contributed by atoms with Crippen LogP contribution < -0.4 is 10.1 Å². The monoisotopic (exact) mass is 261 g/mol. The fourth-order valence-electron chi connectivity index (χ4n) is 2.23. The van der Waals surface area contributed by atoms with Gasteiger partial charge < -0.3 is 14.8 Å². The van der Waals surface area contributed by atoms with Crippen molar-refractivity contribution in [2.45, 2.75) is 37.9 Å². The molecule has 1 amide bonds. The van der Waals surface area contributed by atoms with E-state index in [-0.39, 0.29) is 12.0 Å². The first-order valence-electron chi connectivity index (χ1n) is 6.98. The molecule has 19 heavy (non-hydrogen) atoms. The molecule has 1 saturated carbocycles. The minimum Gasteiger partial charge on any atom is -0.490 e. The normalized spacial score (nSPS) is 22.2. The molecule has 4 heteroatoms. The Morgan fingerprint density at radius 2 is 2.16 bits per heavy atom. The first kappa shape index (κ1) is 12.5. The van der Waals surface area contributed by atoms with Crippen LogP contribution in [-0.2, 0) is 4.74 Å². The van der Waals surface area contributed by atoms with Gasteiger partial charge in [0.05, 0.1) is 17.8 Å². The van der Waals surface area contributed by atoms with Crippen molar-refractivity contribution >= 4 is 5.91 Å². The first-order chi connectivity index (χ1) is 9.33. The van der Waals surface area contributed by atoms with Gasteiger partial charge in [0.2, 0.25) is 0 Å². The molecule has 0 spiro atoms. The maximum atomic E-state index is 12.2. The molecule has 1 aliphatic heterocycles. The number of hydrogen-bond acceptors (Lipinski definition) is 3. The van der Waals surface area contributed by atoms with Crippen LogP contribution >= 0.6 is 0 Å². The lowest BCUT2D eigenvalue weighted by Gasteiger charge is -2.13. The molecule has 0 unspecified atom stereocenters. The van der Waals surface area contributed by atoms with Gasteiger partial charge in [0.1, 0.15) is 5.75 Å². The number of ether oxygens (including phenoxy) is 2. The third-order valence-corrected chi connectivity index (χ3v) is 3.46. The van der Waals surface area contributed by atoms with Crippen molar-refractivity contribution in [3.05, 3.63) is 29.8 Å². The first-order valence-corrected chi connectivity index (χ1v) is 6.98. The Morgan fingerprint density at radius 1 is 1.32 bits per heavy atom. The second kappa shape index (κ2) is 5.61. The lowest BCUT2D eigenvalue weighted by Crippen LogP contribution is -2.32. The summed E-state index contributed by atoms with van der Waals surface area (Å²) in [5.41, 5.74) is 0.618. The number of hydrogen-bond donors (Lipinski definition) is 1. The van der Waals surface area contributed by atoms with Crippen LogP contribution in [0.4, 0.5) is 0 Å². The van der Waals surface area contributed by atoms with Gasteiger partial charge >= 0.3 is 0 Å². The van der Waals surface area contributed by atoms with Gasteiger partial charge in [-0.2, -0.15) is 0 Å². The SMILES string of the molecule is O=C(NC[C@@H]1CCCO1)c1ccccc1OC1CC1. The van der Waals surface area contributed by atoms with Gasteiger partial charge in [0, 0.05) is 13.2 Å². The van der Waals surface area contributed by atoms with Crippen molar-refractivity contribution in [2.75, 3.05) is 13.2 Å². The molecule has 1 aliphatic carbocycles. The van der Waals surface area contributed by atoms with Gasteiger partial charge in [-0.15, -0.1) is 0 Å². The molecule has 2 fully saturated rings. The summed E-state index contributed by atoms with van der Waals surface area (Å²) < 4.78 is 11.3. The Balaban J connectivity index is 1.61. The van der Waals surface area contributed by atoms with E-state index in [1.807, 2.05) is 24.3 Å². The van der Waals surface area contributed by atoms with E-state index in [9.17, 15) is 4.79 Å². The van der Waals surface area contributed by atoms with Crippen molar-refractivity contribution in [3.8, 4) is 5.75 Å². The summed E-state index contributed by atoms with van der Waals surface area (Å²) in [5, 5.41) is 2.93. The molecule has 3 rings (SSSR count). The number of benzene rings is 1. The van der Waals surface area contributed by atoms with E-state index in [4.69, 9.17) is 9.47 Å². The molecule has 1 saturated heterocycles. The van der Waals surface area contributed by atoms with Crippen molar-refractivity contribution in [3.63, 3.8) is 0 Å². The van der Waals surface area contributed by atoms with E-state index in [1.54, 1.807) is 0 Å². The number of rotatable bonds is 5. The molecule has 102 valence electrons. The molecule has 1 atom stereocenters. The van der Waals surface area contributed by atoms with E-state index < -0.39 is 0 Å². The number of amides is 1. The lowest BCUT2D eigenvalue weighted by molar-refractivity contribution is 0.0854. The summed E-state index contributed by atoms with van der Waals surface area (Å²) in [7, 11) is 0. The Morgan fingerprint density at radius 3 is 2.89 bits per heavy atom. The van der Waals surface area contributed by atoms with Crippen molar-refractivity contribution < 1.29 is 14.3 Å². The predicted molar refractivity (Wildman–Crippen MR) is 71.4 cm³/mol. The second-order valence-corrected chi connectivity index (χ2v) is 5.16. The van der Waals surface area contributed by atoms with Crippen LogP contribution in [0.3, 0.4) is 0 Å². The topological polar surface area (TPSA) is 47.6 Å². The number of nitrogens with one attached hydrogen (secondary N) is 1. The van der Waals surface area contributed by atoms with Gasteiger partial charge in [0.25, 0.3) is 5.91 Å². The zero-order valence-electron chi connectivity index (χ0n) is 10.9. The second-order valence-electron chi connectivity index (χ2n) is 5.16. The molecule has 1 heterocycles. The van der Waals surface area contributed by atoms with Crippen LogP contribution in [-0.4, -0.2) is 31.3 Å². The van der Waals surface area contributed by atoms with Crippen LogP contribution in [0.5, 0.6) is 5.75 Å². The largest absolute Gasteiger partial charge is 0.490 e. The lowest BCUT2D eigenvalue weighted by atomic mass is 10.1. The van der Waals surface area contributed by atoms with Gasteiger partial charge in [-0.05, 0) is 37.8 Å². The molecule has 0 bridgehead atoms. The van der Waals surface area contributed by atoms with Crippen LogP contribution in [0.1, 0.15) is 36.0 Å². The Bertz CT molecular complexity index is 450. The molecule has 0 aromatic heterocycles. The van der Waals surface area contributed by atoms with Gasteiger partial charge in [-0.1, -0.05) is 12.1 Å². The van der Waals surface area contributed by atoms with E-state index >= 15 is 0 Å². The van der Waals surface area contributed by atoms with Crippen LogP contribution in [0, 0.1) is 0 Å². The zero-order chi connectivity index (χ0) is 13.1. The number of carbonyl (C=O) groups is 1. The smallest absolute Gasteiger partial charge is 0.255 e. The highest BCUT2D eigenvalue weighted by molar-refractivity contribution is 5.96. The van der Waals surface area contributed by atoms with Crippen LogP contribution in [0.25, 0.3) is 0 Å². The summed E-state index contributed by atoms with van der Waals surface area (Å²) in [6.07, 6.45) is 4.76. The minimum atomic E-state index is -0.0771. The highest BCUT2D eigenvalue weighted by Gasteiger charge is 2.25. The molecule has 2 aliphatic rings. The van der Waals surface area contributed by atoms with Gasteiger partial charge in [0.15, 0.2) is 0 Å². The number of carbonyl (C=O) groups excluding carboxylic acids is 1. The molecular formula is C15H19NO3. The van der Waals surface area contributed by atoms with E-state index in [2.05, 4.69) is 5.32 Å². The zero-order valence-corrected chi connectivity index (χ0v) is 10.9. The highest BCUT2D eigenvalue weighted by atomic mass is 16.5. The van der Waals surface area contributed by atoms with E-state index in [0.717, 1.165) is 32.3 Å². The summed E-state index contributed by atoms with van der Waals surface area (Å²) in [5.74, 6) is 0.613. The standard InChI is InChI=1S/C15H19NO3/c17-15(16-10-12-4-3-9-18-12)13-5-1-2-6-14(13)19-11-7-8-11/h1-2,5-6,11-12H,3-4,7-10H2,(H,16,17)/t12-/m0/s1. The average Bonchev–Trinajstić information content (AvgIpc) is 3.09. The van der Waals surface area contributed by atoms with Crippen LogP contribution in [0.2, 0.25) is 0 Å². The quantitative estimate of drug-likeness (QED) is 0.883. The molecule has 1 aromatic carbocycles. The molecular weight excluding hydrogens is 242 g/mol. The summed E-state index contributed by atoms with van der Waals surface area (Å²) in [6, 6.07) is 7.43. The average molecular weight is 261 g/mol. The van der Waals surface area contributed by atoms with E-state index in [1.165, 1.54) is 0 Å². The van der Waals surface area contributed by atoms with Gasteiger partial charge in [-0.3, -0.25) is 4.79 Å². The molecule has 4 nitrogen and oxygen atoms in total. The summed E-state index contributed by atoms with van der Waals surface area (Å²) in [6.45, 7) is 1.39. The predicted octanol–water partition coefficient (Wildman–Crippen LogP) is 2.14. The van der Waals surface area contributed by atoms with Crippen LogP contribution in [0.15, 0.2) is 24.3 Å². The minimum absolute atomic E-state index is 0.0771. The fourth-order valence-corrected chi connectivity index (χ4v) is 2.23.